The highest BCUT2D eigenvalue weighted by Gasteiger charge is 2.22. The van der Waals surface area contributed by atoms with Crippen LogP contribution in [0, 0.1) is 5.41 Å². The van der Waals surface area contributed by atoms with Gasteiger partial charge in [-0.15, -0.1) is 10.2 Å². The van der Waals surface area contributed by atoms with Crippen LogP contribution in [0.3, 0.4) is 0 Å². The SMILES string of the molecule is CC(C)(C)C(=O)Nc1nnc(SCC(=O)NCc2ccco2)s1. The molecule has 2 aromatic rings. The van der Waals surface area contributed by atoms with Gasteiger partial charge in [0, 0.05) is 5.41 Å². The average Bonchev–Trinajstić information content (AvgIpc) is 3.13. The molecule has 0 unspecified atom stereocenters. The lowest BCUT2D eigenvalue weighted by atomic mass is 9.96. The molecule has 2 heterocycles. The van der Waals surface area contributed by atoms with Crippen molar-refractivity contribution in [2.75, 3.05) is 11.1 Å². The van der Waals surface area contributed by atoms with Crippen molar-refractivity contribution >= 4 is 40.0 Å². The molecule has 2 rings (SSSR count). The van der Waals surface area contributed by atoms with E-state index in [9.17, 15) is 9.59 Å². The normalized spacial score (nSPS) is 11.3. The van der Waals surface area contributed by atoms with Gasteiger partial charge in [-0.25, -0.2) is 0 Å². The predicted octanol–water partition coefficient (Wildman–Crippen LogP) is 2.52. The molecule has 2 N–H and O–H groups in total. The second kappa shape index (κ2) is 7.60. The Morgan fingerprint density at radius 1 is 1.35 bits per heavy atom. The number of thioether (sulfide) groups is 1. The van der Waals surface area contributed by atoms with Crippen molar-refractivity contribution in [1.29, 1.82) is 0 Å². The quantitative estimate of drug-likeness (QED) is 0.611. The zero-order chi connectivity index (χ0) is 16.9. The van der Waals surface area contributed by atoms with E-state index in [0.717, 1.165) is 0 Å². The molecule has 0 atom stereocenters. The number of rotatable bonds is 6. The molecule has 0 fully saturated rings. The predicted molar refractivity (Wildman–Crippen MR) is 89.3 cm³/mol. The summed E-state index contributed by atoms with van der Waals surface area (Å²) in [5, 5.41) is 13.7. The van der Waals surface area contributed by atoms with Gasteiger partial charge in [-0.3, -0.25) is 9.59 Å². The fraction of sp³-hybridized carbons (Fsp3) is 0.429. The van der Waals surface area contributed by atoms with E-state index in [-0.39, 0.29) is 17.6 Å². The molecule has 0 saturated carbocycles. The van der Waals surface area contributed by atoms with Crippen molar-refractivity contribution in [3.63, 3.8) is 0 Å². The molecule has 2 aromatic heterocycles. The number of carbonyl (C=O) groups is 2. The fourth-order valence-electron chi connectivity index (χ4n) is 1.38. The lowest BCUT2D eigenvalue weighted by molar-refractivity contribution is -0.123. The molecule has 2 amide bonds. The number of nitrogens with one attached hydrogen (secondary N) is 2. The molecule has 124 valence electrons. The summed E-state index contributed by atoms with van der Waals surface area (Å²) in [7, 11) is 0. The number of nitrogens with zero attached hydrogens (tertiary/aromatic N) is 2. The zero-order valence-electron chi connectivity index (χ0n) is 13.1. The number of aromatic nitrogens is 2. The summed E-state index contributed by atoms with van der Waals surface area (Å²) >= 11 is 2.52. The van der Waals surface area contributed by atoms with Gasteiger partial charge in [-0.1, -0.05) is 43.9 Å². The summed E-state index contributed by atoms with van der Waals surface area (Å²) in [6.45, 7) is 5.82. The first kappa shape index (κ1) is 17.5. The van der Waals surface area contributed by atoms with Crippen molar-refractivity contribution in [3.05, 3.63) is 24.2 Å². The highest BCUT2D eigenvalue weighted by atomic mass is 32.2. The molecule has 0 aromatic carbocycles. The van der Waals surface area contributed by atoms with Crippen molar-refractivity contribution < 1.29 is 14.0 Å². The number of anilines is 1. The Kier molecular flexibility index (Phi) is 5.78. The third-order valence-electron chi connectivity index (χ3n) is 2.67. The number of furan rings is 1. The average molecular weight is 354 g/mol. The fourth-order valence-corrected chi connectivity index (χ4v) is 2.96. The summed E-state index contributed by atoms with van der Waals surface area (Å²) < 4.78 is 5.76. The van der Waals surface area contributed by atoms with E-state index in [4.69, 9.17) is 4.42 Å². The van der Waals surface area contributed by atoms with Crippen LogP contribution >= 0.6 is 23.1 Å². The molecule has 0 spiro atoms. The number of hydrogen-bond donors (Lipinski definition) is 2. The standard InChI is InChI=1S/C14H18N4O3S2/c1-14(2,3)11(20)16-12-17-18-13(23-12)22-8-10(19)15-7-9-5-4-6-21-9/h4-6H,7-8H2,1-3H3,(H,15,19)(H,16,17,20). The van der Waals surface area contributed by atoms with Crippen LogP contribution in [0.2, 0.25) is 0 Å². The van der Waals surface area contributed by atoms with Crippen molar-refractivity contribution in [1.82, 2.24) is 15.5 Å². The van der Waals surface area contributed by atoms with Gasteiger partial charge in [0.05, 0.1) is 18.6 Å². The summed E-state index contributed by atoms with van der Waals surface area (Å²) in [6, 6.07) is 3.56. The van der Waals surface area contributed by atoms with E-state index in [0.29, 0.717) is 21.8 Å². The van der Waals surface area contributed by atoms with Crippen LogP contribution in [0.15, 0.2) is 27.2 Å². The summed E-state index contributed by atoms with van der Waals surface area (Å²) in [6.07, 6.45) is 1.56. The Bertz CT molecular complexity index is 662. The van der Waals surface area contributed by atoms with E-state index < -0.39 is 5.41 Å². The first-order valence-corrected chi connectivity index (χ1v) is 8.71. The van der Waals surface area contributed by atoms with Gasteiger partial charge in [-0.2, -0.15) is 0 Å². The van der Waals surface area contributed by atoms with E-state index in [2.05, 4.69) is 20.8 Å². The summed E-state index contributed by atoms with van der Waals surface area (Å²) in [5.74, 6) is 0.678. The molecule has 0 saturated heterocycles. The minimum absolute atomic E-state index is 0.123. The van der Waals surface area contributed by atoms with Crippen molar-refractivity contribution in [3.8, 4) is 0 Å². The van der Waals surface area contributed by atoms with Crippen LogP contribution in [0.4, 0.5) is 5.13 Å². The Morgan fingerprint density at radius 3 is 2.78 bits per heavy atom. The van der Waals surface area contributed by atoms with E-state index in [1.54, 1.807) is 18.4 Å². The molecular formula is C14H18N4O3S2. The van der Waals surface area contributed by atoms with Crippen LogP contribution in [0.25, 0.3) is 0 Å². The molecule has 0 aliphatic carbocycles. The van der Waals surface area contributed by atoms with Gasteiger partial charge >= 0.3 is 0 Å². The van der Waals surface area contributed by atoms with Crippen LogP contribution in [-0.4, -0.2) is 27.8 Å². The monoisotopic (exact) mass is 354 g/mol. The molecule has 0 aliphatic heterocycles. The van der Waals surface area contributed by atoms with Gasteiger partial charge in [-0.05, 0) is 12.1 Å². The maximum absolute atomic E-state index is 11.9. The largest absolute Gasteiger partial charge is 0.467 e. The third kappa shape index (κ3) is 5.68. The highest BCUT2D eigenvalue weighted by molar-refractivity contribution is 8.01. The van der Waals surface area contributed by atoms with Gasteiger partial charge in [0.15, 0.2) is 4.34 Å². The van der Waals surface area contributed by atoms with Crippen LogP contribution in [0.1, 0.15) is 26.5 Å². The Labute approximate surface area is 142 Å². The van der Waals surface area contributed by atoms with Gasteiger partial charge in [0.2, 0.25) is 16.9 Å². The number of amides is 2. The van der Waals surface area contributed by atoms with Gasteiger partial charge in [0.1, 0.15) is 5.76 Å². The first-order valence-electron chi connectivity index (χ1n) is 6.91. The van der Waals surface area contributed by atoms with Crippen molar-refractivity contribution in [2.45, 2.75) is 31.7 Å². The smallest absolute Gasteiger partial charge is 0.231 e. The first-order chi connectivity index (χ1) is 10.8. The molecular weight excluding hydrogens is 336 g/mol. The molecule has 9 heteroatoms. The Hall–Kier alpha value is -1.87. The van der Waals surface area contributed by atoms with E-state index in [1.165, 1.54) is 23.1 Å². The second-order valence-electron chi connectivity index (χ2n) is 5.72. The lowest BCUT2D eigenvalue weighted by Gasteiger charge is -2.15. The Balaban J connectivity index is 1.76. The minimum atomic E-state index is -0.495. The minimum Gasteiger partial charge on any atom is -0.467 e. The Morgan fingerprint density at radius 2 is 2.13 bits per heavy atom. The number of hydrogen-bond acceptors (Lipinski definition) is 7. The second-order valence-corrected chi connectivity index (χ2v) is 7.92. The molecule has 0 bridgehead atoms. The lowest BCUT2D eigenvalue weighted by Crippen LogP contribution is -2.27. The van der Waals surface area contributed by atoms with E-state index >= 15 is 0 Å². The molecule has 7 nitrogen and oxygen atoms in total. The maximum atomic E-state index is 11.9. The summed E-state index contributed by atoms with van der Waals surface area (Å²) in [4.78, 5) is 23.6. The van der Waals surface area contributed by atoms with Crippen molar-refractivity contribution in [2.24, 2.45) is 5.41 Å². The van der Waals surface area contributed by atoms with Gasteiger partial charge < -0.3 is 15.1 Å². The molecule has 0 aliphatic rings. The van der Waals surface area contributed by atoms with Crippen LogP contribution in [0.5, 0.6) is 0 Å². The molecule has 0 radical (unpaired) electrons. The zero-order valence-corrected chi connectivity index (χ0v) is 14.7. The maximum Gasteiger partial charge on any atom is 0.231 e. The van der Waals surface area contributed by atoms with Gasteiger partial charge in [0.25, 0.3) is 0 Å². The highest BCUT2D eigenvalue weighted by Crippen LogP contribution is 2.26. The number of carbonyl (C=O) groups excluding carboxylic acids is 2. The topological polar surface area (TPSA) is 97.1 Å². The summed E-state index contributed by atoms with van der Waals surface area (Å²) in [5.41, 5.74) is -0.495. The molecule has 23 heavy (non-hydrogen) atoms. The third-order valence-corrected chi connectivity index (χ3v) is 4.65. The van der Waals surface area contributed by atoms with E-state index in [1.807, 2.05) is 20.8 Å². The van der Waals surface area contributed by atoms with Crippen LogP contribution in [-0.2, 0) is 16.1 Å². The van der Waals surface area contributed by atoms with Crippen LogP contribution < -0.4 is 10.6 Å².